The molecule has 84 valence electrons. The fraction of sp³-hybridized carbons (Fsp3) is 0.545. The SMILES string of the molecule is CN(Cc1ccc(Cl)s1)CC(C)(C)C=O. The first kappa shape index (κ1) is 12.7. The summed E-state index contributed by atoms with van der Waals surface area (Å²) in [7, 11) is 2.01. The highest BCUT2D eigenvalue weighted by molar-refractivity contribution is 7.16. The van der Waals surface area contributed by atoms with Crippen molar-refractivity contribution < 1.29 is 4.79 Å². The molecule has 1 aromatic rings. The molecule has 1 heterocycles. The zero-order valence-electron chi connectivity index (χ0n) is 9.29. The minimum atomic E-state index is -0.282. The van der Waals surface area contributed by atoms with Gasteiger partial charge >= 0.3 is 0 Å². The number of hydrogen-bond donors (Lipinski definition) is 0. The first-order valence-corrected chi connectivity index (χ1v) is 6.01. The van der Waals surface area contributed by atoms with Crippen LogP contribution in [0.2, 0.25) is 4.34 Å². The Hall–Kier alpha value is -0.380. The fourth-order valence-corrected chi connectivity index (χ4v) is 2.66. The van der Waals surface area contributed by atoms with E-state index in [2.05, 4.69) is 4.90 Å². The van der Waals surface area contributed by atoms with Crippen LogP contribution in [0, 0.1) is 5.41 Å². The van der Waals surface area contributed by atoms with Gasteiger partial charge in [0, 0.05) is 23.4 Å². The molecule has 0 N–H and O–H groups in total. The molecule has 2 nitrogen and oxygen atoms in total. The highest BCUT2D eigenvalue weighted by atomic mass is 35.5. The second-order valence-electron chi connectivity index (χ2n) is 4.48. The van der Waals surface area contributed by atoms with E-state index in [0.29, 0.717) is 0 Å². The maximum absolute atomic E-state index is 10.8. The van der Waals surface area contributed by atoms with E-state index in [1.807, 2.05) is 33.0 Å². The van der Waals surface area contributed by atoms with Gasteiger partial charge < -0.3 is 9.69 Å². The predicted octanol–water partition coefficient (Wildman–Crippen LogP) is 3.06. The first-order valence-electron chi connectivity index (χ1n) is 4.82. The Morgan fingerprint density at radius 1 is 1.53 bits per heavy atom. The molecule has 0 amide bonds. The standard InChI is InChI=1S/C11H16ClNOS/c1-11(2,8-14)7-13(3)6-9-4-5-10(12)15-9/h4-5,8H,6-7H2,1-3H3. The smallest absolute Gasteiger partial charge is 0.126 e. The molecule has 0 saturated carbocycles. The van der Waals surface area contributed by atoms with Crippen LogP contribution in [0.3, 0.4) is 0 Å². The summed E-state index contributed by atoms with van der Waals surface area (Å²) in [6.07, 6.45) is 1.00. The van der Waals surface area contributed by atoms with Crippen LogP contribution in [-0.2, 0) is 11.3 Å². The number of thiophene rings is 1. The molecule has 0 saturated heterocycles. The van der Waals surface area contributed by atoms with Crippen LogP contribution in [0.5, 0.6) is 0 Å². The number of carbonyl (C=O) groups is 1. The van der Waals surface area contributed by atoms with Gasteiger partial charge in [-0.05, 0) is 19.2 Å². The highest BCUT2D eigenvalue weighted by Crippen LogP contribution is 2.23. The van der Waals surface area contributed by atoms with Crippen molar-refractivity contribution in [2.24, 2.45) is 5.41 Å². The highest BCUT2D eigenvalue weighted by Gasteiger charge is 2.19. The summed E-state index contributed by atoms with van der Waals surface area (Å²) in [4.78, 5) is 14.1. The van der Waals surface area contributed by atoms with Crippen molar-refractivity contribution in [2.45, 2.75) is 20.4 Å². The van der Waals surface area contributed by atoms with Gasteiger partial charge in [0.2, 0.25) is 0 Å². The van der Waals surface area contributed by atoms with Gasteiger partial charge in [-0.25, -0.2) is 0 Å². The minimum Gasteiger partial charge on any atom is -0.303 e. The molecule has 0 aromatic carbocycles. The summed E-state index contributed by atoms with van der Waals surface area (Å²) in [5.74, 6) is 0. The van der Waals surface area contributed by atoms with Crippen LogP contribution in [0.4, 0.5) is 0 Å². The molecule has 15 heavy (non-hydrogen) atoms. The fourth-order valence-electron chi connectivity index (χ4n) is 1.49. The Kier molecular flexibility index (Phi) is 4.32. The van der Waals surface area contributed by atoms with Gasteiger partial charge in [-0.2, -0.15) is 0 Å². The quantitative estimate of drug-likeness (QED) is 0.744. The molecule has 0 atom stereocenters. The Morgan fingerprint density at radius 3 is 2.67 bits per heavy atom. The van der Waals surface area contributed by atoms with Crippen LogP contribution in [0.25, 0.3) is 0 Å². The average molecular weight is 246 g/mol. The third kappa shape index (κ3) is 4.33. The molecule has 0 radical (unpaired) electrons. The van der Waals surface area contributed by atoms with Crippen molar-refractivity contribution in [2.75, 3.05) is 13.6 Å². The Labute approximate surface area is 99.9 Å². The topological polar surface area (TPSA) is 20.3 Å². The predicted molar refractivity (Wildman–Crippen MR) is 65.5 cm³/mol. The summed E-state index contributed by atoms with van der Waals surface area (Å²) in [5.41, 5.74) is -0.282. The van der Waals surface area contributed by atoms with Crippen molar-refractivity contribution in [1.29, 1.82) is 0 Å². The van der Waals surface area contributed by atoms with E-state index in [4.69, 9.17) is 11.6 Å². The second kappa shape index (κ2) is 5.10. The Balaban J connectivity index is 2.49. The first-order chi connectivity index (χ1) is 6.93. The van der Waals surface area contributed by atoms with Gasteiger partial charge in [0.1, 0.15) is 6.29 Å². The van der Waals surface area contributed by atoms with Crippen molar-refractivity contribution >= 4 is 29.2 Å². The van der Waals surface area contributed by atoms with Crippen molar-refractivity contribution in [3.05, 3.63) is 21.3 Å². The molecular formula is C11H16ClNOS. The van der Waals surface area contributed by atoms with Gasteiger partial charge in [-0.15, -0.1) is 11.3 Å². The molecule has 0 unspecified atom stereocenters. The molecule has 0 fully saturated rings. The lowest BCUT2D eigenvalue weighted by Crippen LogP contribution is -2.31. The number of aldehydes is 1. The molecule has 1 rings (SSSR count). The monoisotopic (exact) mass is 245 g/mol. The van der Waals surface area contributed by atoms with Gasteiger partial charge in [-0.1, -0.05) is 25.4 Å². The van der Waals surface area contributed by atoms with Gasteiger partial charge in [0.15, 0.2) is 0 Å². The van der Waals surface area contributed by atoms with E-state index < -0.39 is 0 Å². The molecule has 0 aliphatic rings. The van der Waals surface area contributed by atoms with E-state index >= 15 is 0 Å². The largest absolute Gasteiger partial charge is 0.303 e. The average Bonchev–Trinajstić information content (AvgIpc) is 2.50. The number of carbonyl (C=O) groups excluding carboxylic acids is 1. The molecular weight excluding hydrogens is 230 g/mol. The Morgan fingerprint density at radius 2 is 2.20 bits per heavy atom. The zero-order valence-corrected chi connectivity index (χ0v) is 10.9. The maximum Gasteiger partial charge on any atom is 0.126 e. The minimum absolute atomic E-state index is 0.282. The van der Waals surface area contributed by atoms with Gasteiger partial charge in [-0.3, -0.25) is 0 Å². The van der Waals surface area contributed by atoms with E-state index in [1.54, 1.807) is 11.3 Å². The molecule has 0 aliphatic carbocycles. The lowest BCUT2D eigenvalue weighted by molar-refractivity contribution is -0.115. The third-order valence-electron chi connectivity index (χ3n) is 2.05. The second-order valence-corrected chi connectivity index (χ2v) is 6.28. The van der Waals surface area contributed by atoms with Crippen LogP contribution in [0.1, 0.15) is 18.7 Å². The summed E-state index contributed by atoms with van der Waals surface area (Å²) < 4.78 is 0.813. The van der Waals surface area contributed by atoms with Crippen molar-refractivity contribution in [3.63, 3.8) is 0 Å². The maximum atomic E-state index is 10.8. The van der Waals surface area contributed by atoms with E-state index in [9.17, 15) is 4.79 Å². The summed E-state index contributed by atoms with van der Waals surface area (Å²) in [6.45, 7) is 5.48. The summed E-state index contributed by atoms with van der Waals surface area (Å²) >= 11 is 7.43. The van der Waals surface area contributed by atoms with Crippen molar-refractivity contribution in [3.8, 4) is 0 Å². The van der Waals surface area contributed by atoms with Crippen LogP contribution in [-0.4, -0.2) is 24.8 Å². The van der Waals surface area contributed by atoms with Crippen LogP contribution < -0.4 is 0 Å². The Bertz CT molecular complexity index is 335. The normalized spacial score (nSPS) is 12.1. The number of rotatable bonds is 5. The molecule has 4 heteroatoms. The van der Waals surface area contributed by atoms with Crippen molar-refractivity contribution in [1.82, 2.24) is 4.90 Å². The number of halogens is 1. The van der Waals surface area contributed by atoms with Gasteiger partial charge in [0.25, 0.3) is 0 Å². The van der Waals surface area contributed by atoms with E-state index in [1.165, 1.54) is 4.88 Å². The number of hydrogen-bond acceptors (Lipinski definition) is 3. The molecule has 1 aromatic heterocycles. The molecule has 0 aliphatic heterocycles. The summed E-state index contributed by atoms with van der Waals surface area (Å²) in [6, 6.07) is 3.93. The van der Waals surface area contributed by atoms with Gasteiger partial charge in [0.05, 0.1) is 4.34 Å². The third-order valence-corrected chi connectivity index (χ3v) is 3.27. The summed E-state index contributed by atoms with van der Waals surface area (Å²) in [5, 5.41) is 0. The molecule has 0 spiro atoms. The lowest BCUT2D eigenvalue weighted by atomic mass is 9.95. The lowest BCUT2D eigenvalue weighted by Gasteiger charge is -2.24. The van der Waals surface area contributed by atoms with E-state index in [-0.39, 0.29) is 5.41 Å². The molecule has 0 bridgehead atoms. The zero-order chi connectivity index (χ0) is 11.5. The van der Waals surface area contributed by atoms with Crippen LogP contribution in [0.15, 0.2) is 12.1 Å². The number of nitrogens with zero attached hydrogens (tertiary/aromatic N) is 1. The van der Waals surface area contributed by atoms with Crippen LogP contribution >= 0.6 is 22.9 Å². The van der Waals surface area contributed by atoms with E-state index in [0.717, 1.165) is 23.7 Å².